The number of benzene rings is 1. The summed E-state index contributed by atoms with van der Waals surface area (Å²) in [4.78, 5) is 30.4. The lowest BCUT2D eigenvalue weighted by Gasteiger charge is -2.35. The summed E-state index contributed by atoms with van der Waals surface area (Å²) in [5.41, 5.74) is 0.564. The first-order valence-electron chi connectivity index (χ1n) is 8.49. The highest BCUT2D eigenvalue weighted by Crippen LogP contribution is 2.29. The van der Waals surface area contributed by atoms with Gasteiger partial charge in [-0.2, -0.15) is 5.10 Å². The SMILES string of the molecule is CC(=O)c1cccc(O[C@@H](C)C(=O)N2CCCC[C@@H]2c2ncn[nH]2)c1. The third-order valence-corrected chi connectivity index (χ3v) is 4.44. The summed E-state index contributed by atoms with van der Waals surface area (Å²) in [5, 5.41) is 6.76. The molecule has 2 atom stereocenters. The first-order chi connectivity index (χ1) is 12.1. The van der Waals surface area contributed by atoms with Crippen LogP contribution in [0.1, 0.15) is 55.3 Å². The Morgan fingerprint density at radius 1 is 1.36 bits per heavy atom. The van der Waals surface area contributed by atoms with E-state index >= 15 is 0 Å². The van der Waals surface area contributed by atoms with Gasteiger partial charge < -0.3 is 9.64 Å². The van der Waals surface area contributed by atoms with Crippen LogP contribution >= 0.6 is 0 Å². The van der Waals surface area contributed by atoms with Crippen molar-refractivity contribution in [2.75, 3.05) is 6.54 Å². The van der Waals surface area contributed by atoms with Gasteiger partial charge in [-0.15, -0.1) is 0 Å². The Hall–Kier alpha value is -2.70. The first-order valence-corrected chi connectivity index (χ1v) is 8.49. The van der Waals surface area contributed by atoms with E-state index < -0.39 is 6.10 Å². The second kappa shape index (κ2) is 7.46. The zero-order valence-electron chi connectivity index (χ0n) is 14.4. The number of aromatic amines is 1. The highest BCUT2D eigenvalue weighted by Gasteiger charge is 2.33. The van der Waals surface area contributed by atoms with Crippen molar-refractivity contribution in [2.24, 2.45) is 0 Å². The van der Waals surface area contributed by atoms with Gasteiger partial charge >= 0.3 is 0 Å². The smallest absolute Gasteiger partial charge is 0.263 e. The lowest BCUT2D eigenvalue weighted by Crippen LogP contribution is -2.45. The zero-order chi connectivity index (χ0) is 17.8. The van der Waals surface area contributed by atoms with E-state index in [1.807, 2.05) is 4.90 Å². The predicted octanol–water partition coefficient (Wildman–Crippen LogP) is 2.53. The summed E-state index contributed by atoms with van der Waals surface area (Å²) in [5.74, 6) is 1.10. The molecular formula is C18H22N4O3. The van der Waals surface area contributed by atoms with E-state index in [0.29, 0.717) is 23.7 Å². The number of hydrogen-bond acceptors (Lipinski definition) is 5. The number of rotatable bonds is 5. The minimum Gasteiger partial charge on any atom is -0.481 e. The van der Waals surface area contributed by atoms with Crippen molar-refractivity contribution in [3.63, 3.8) is 0 Å². The second-order valence-electron chi connectivity index (χ2n) is 6.26. The summed E-state index contributed by atoms with van der Waals surface area (Å²) in [6.45, 7) is 3.91. The van der Waals surface area contributed by atoms with Crippen molar-refractivity contribution in [3.05, 3.63) is 42.0 Å². The first kappa shape index (κ1) is 17.1. The third kappa shape index (κ3) is 3.87. The standard InChI is InChI=1S/C18H22N4O3/c1-12(23)14-6-5-7-15(10-14)25-13(2)18(24)22-9-4-3-8-16(22)17-19-11-20-21-17/h5-7,10-11,13,16H,3-4,8-9H2,1-2H3,(H,19,20,21)/t13-,16+/m0/s1. The molecule has 0 spiro atoms. The summed E-state index contributed by atoms with van der Waals surface area (Å²) < 4.78 is 5.80. The fraction of sp³-hybridized carbons (Fsp3) is 0.444. The van der Waals surface area contributed by atoms with E-state index in [9.17, 15) is 9.59 Å². The highest BCUT2D eigenvalue weighted by molar-refractivity contribution is 5.94. The number of aromatic nitrogens is 3. The average Bonchev–Trinajstić information content (AvgIpc) is 3.15. The van der Waals surface area contributed by atoms with Gasteiger partial charge in [-0.25, -0.2) is 4.98 Å². The monoisotopic (exact) mass is 342 g/mol. The van der Waals surface area contributed by atoms with E-state index in [1.165, 1.54) is 13.3 Å². The van der Waals surface area contributed by atoms with Crippen molar-refractivity contribution in [1.29, 1.82) is 0 Å². The fourth-order valence-corrected chi connectivity index (χ4v) is 3.13. The Kier molecular flexibility index (Phi) is 5.11. The molecule has 2 aromatic rings. The van der Waals surface area contributed by atoms with Crippen molar-refractivity contribution >= 4 is 11.7 Å². The fourth-order valence-electron chi connectivity index (χ4n) is 3.13. The molecule has 0 radical (unpaired) electrons. The zero-order valence-corrected chi connectivity index (χ0v) is 14.4. The molecule has 2 heterocycles. The number of nitrogens with zero attached hydrogens (tertiary/aromatic N) is 3. The van der Waals surface area contributed by atoms with Crippen molar-refractivity contribution in [3.8, 4) is 5.75 Å². The van der Waals surface area contributed by atoms with E-state index in [2.05, 4.69) is 15.2 Å². The van der Waals surface area contributed by atoms with Crippen LogP contribution in [-0.4, -0.2) is 44.4 Å². The van der Waals surface area contributed by atoms with E-state index in [0.717, 1.165) is 19.3 Å². The number of ketones is 1. The molecule has 1 aliphatic heterocycles. The molecule has 1 aromatic heterocycles. The molecule has 1 amide bonds. The third-order valence-electron chi connectivity index (χ3n) is 4.44. The lowest BCUT2D eigenvalue weighted by atomic mass is 10.0. The molecule has 1 fully saturated rings. The van der Waals surface area contributed by atoms with Crippen molar-refractivity contribution in [1.82, 2.24) is 20.1 Å². The summed E-state index contributed by atoms with van der Waals surface area (Å²) in [6, 6.07) is 6.79. The van der Waals surface area contributed by atoms with Gasteiger partial charge in [-0.05, 0) is 45.2 Å². The van der Waals surface area contributed by atoms with E-state index in [4.69, 9.17) is 4.74 Å². The van der Waals surface area contributed by atoms with Crippen LogP contribution in [0.4, 0.5) is 0 Å². The molecule has 3 rings (SSSR count). The molecule has 132 valence electrons. The molecule has 1 aromatic carbocycles. The van der Waals surface area contributed by atoms with Crippen molar-refractivity contribution < 1.29 is 14.3 Å². The topological polar surface area (TPSA) is 88.2 Å². The number of H-pyrrole nitrogens is 1. The van der Waals surface area contributed by atoms with Gasteiger partial charge in [-0.3, -0.25) is 14.7 Å². The lowest BCUT2D eigenvalue weighted by molar-refractivity contribution is -0.142. The molecule has 1 saturated heterocycles. The predicted molar refractivity (Wildman–Crippen MR) is 91.2 cm³/mol. The number of likely N-dealkylation sites (tertiary alicyclic amines) is 1. The molecule has 1 N–H and O–H groups in total. The van der Waals surface area contributed by atoms with E-state index in [1.54, 1.807) is 31.2 Å². The highest BCUT2D eigenvalue weighted by atomic mass is 16.5. The van der Waals surface area contributed by atoms with Crippen LogP contribution in [-0.2, 0) is 4.79 Å². The number of carbonyl (C=O) groups excluding carboxylic acids is 2. The number of Topliss-reactive ketones (excluding diaryl/α,β-unsaturated/α-hetero) is 1. The van der Waals surface area contributed by atoms with Crippen LogP contribution in [0.3, 0.4) is 0 Å². The minimum atomic E-state index is -0.647. The van der Waals surface area contributed by atoms with Gasteiger partial charge in [-0.1, -0.05) is 12.1 Å². The molecule has 0 unspecified atom stereocenters. The Balaban J connectivity index is 1.72. The molecule has 0 aliphatic carbocycles. The number of ether oxygens (including phenoxy) is 1. The summed E-state index contributed by atoms with van der Waals surface area (Å²) in [6.07, 6.45) is 3.67. The Bertz CT molecular complexity index is 745. The Morgan fingerprint density at radius 3 is 2.92 bits per heavy atom. The van der Waals surface area contributed by atoms with Crippen LogP contribution in [0.5, 0.6) is 5.75 Å². The maximum Gasteiger partial charge on any atom is 0.263 e. The summed E-state index contributed by atoms with van der Waals surface area (Å²) in [7, 11) is 0. The Labute approximate surface area is 146 Å². The molecular weight excluding hydrogens is 320 g/mol. The maximum absolute atomic E-state index is 12.9. The van der Waals surface area contributed by atoms with Gasteiger partial charge in [0.25, 0.3) is 5.91 Å². The molecule has 7 nitrogen and oxygen atoms in total. The number of carbonyl (C=O) groups is 2. The number of hydrogen-bond donors (Lipinski definition) is 1. The average molecular weight is 342 g/mol. The van der Waals surface area contributed by atoms with Gasteiger partial charge in [0.2, 0.25) is 0 Å². The van der Waals surface area contributed by atoms with Gasteiger partial charge in [0, 0.05) is 12.1 Å². The van der Waals surface area contributed by atoms with Crippen LogP contribution < -0.4 is 4.74 Å². The quantitative estimate of drug-likeness (QED) is 0.844. The number of amides is 1. The summed E-state index contributed by atoms with van der Waals surface area (Å²) >= 11 is 0. The number of piperidine rings is 1. The van der Waals surface area contributed by atoms with Crippen LogP contribution in [0, 0.1) is 0 Å². The maximum atomic E-state index is 12.9. The molecule has 1 aliphatic rings. The minimum absolute atomic E-state index is 0.0363. The molecule has 0 saturated carbocycles. The van der Waals surface area contributed by atoms with E-state index in [-0.39, 0.29) is 17.7 Å². The largest absolute Gasteiger partial charge is 0.481 e. The van der Waals surface area contributed by atoms with Crippen LogP contribution in [0.2, 0.25) is 0 Å². The van der Waals surface area contributed by atoms with Crippen LogP contribution in [0.25, 0.3) is 0 Å². The van der Waals surface area contributed by atoms with Gasteiger partial charge in [0.1, 0.15) is 17.9 Å². The molecule has 7 heteroatoms. The van der Waals surface area contributed by atoms with Gasteiger partial charge in [0.15, 0.2) is 11.9 Å². The molecule has 25 heavy (non-hydrogen) atoms. The Morgan fingerprint density at radius 2 is 2.20 bits per heavy atom. The van der Waals surface area contributed by atoms with Crippen molar-refractivity contribution in [2.45, 2.75) is 45.3 Å². The van der Waals surface area contributed by atoms with Crippen LogP contribution in [0.15, 0.2) is 30.6 Å². The van der Waals surface area contributed by atoms with Gasteiger partial charge in [0.05, 0.1) is 6.04 Å². The number of nitrogens with one attached hydrogen (secondary N) is 1. The molecule has 0 bridgehead atoms. The normalized spacial score (nSPS) is 18.6. The second-order valence-corrected chi connectivity index (χ2v) is 6.26.